The van der Waals surface area contributed by atoms with Crippen LogP contribution in [0.2, 0.25) is 0 Å². The highest BCUT2D eigenvalue weighted by Gasteiger charge is 2.15. The van der Waals surface area contributed by atoms with Gasteiger partial charge in [-0.2, -0.15) is 0 Å². The Balaban J connectivity index is 3.43. The lowest BCUT2D eigenvalue weighted by Gasteiger charge is -2.03. The number of halogens is 1. The van der Waals surface area contributed by atoms with E-state index in [9.17, 15) is 14.9 Å². The maximum atomic E-state index is 11.1. The number of benzene rings is 1. The molecule has 2 N–H and O–H groups in total. The summed E-state index contributed by atoms with van der Waals surface area (Å²) in [6.45, 7) is 1.31. The number of anilines is 1. The summed E-state index contributed by atoms with van der Waals surface area (Å²) in [4.78, 5) is 21.0. The van der Waals surface area contributed by atoms with Crippen LogP contribution in [0.25, 0.3) is 0 Å². The van der Waals surface area contributed by atoms with Crippen molar-refractivity contribution in [3.63, 3.8) is 0 Å². The van der Waals surface area contributed by atoms with Gasteiger partial charge in [0.15, 0.2) is 5.78 Å². The number of nitrogen functional groups attached to an aromatic ring is 1. The fourth-order valence-corrected chi connectivity index (χ4v) is 1.45. The van der Waals surface area contributed by atoms with Crippen LogP contribution < -0.4 is 5.73 Å². The first-order valence-corrected chi connectivity index (χ1v) is 4.47. The lowest BCUT2D eigenvalue weighted by molar-refractivity contribution is -0.384. The minimum absolute atomic E-state index is 0.156. The molecular weight excluding hydrogens is 252 g/mol. The summed E-state index contributed by atoms with van der Waals surface area (Å²) >= 11 is 3.05. The van der Waals surface area contributed by atoms with Gasteiger partial charge in [-0.05, 0) is 22.9 Å². The summed E-state index contributed by atoms with van der Waals surface area (Å²) in [7, 11) is 0. The second-order valence-electron chi connectivity index (χ2n) is 2.70. The standard InChI is InChI=1S/C8H7BrN2O3/c1-4(12)6-2-5(11(13)14)3-7(9)8(6)10/h2-3H,10H2,1H3. The highest BCUT2D eigenvalue weighted by molar-refractivity contribution is 9.10. The topological polar surface area (TPSA) is 86.2 Å². The summed E-state index contributed by atoms with van der Waals surface area (Å²) in [5.74, 6) is -0.299. The molecule has 0 aromatic heterocycles. The van der Waals surface area contributed by atoms with Crippen LogP contribution in [-0.4, -0.2) is 10.7 Å². The first-order valence-electron chi connectivity index (χ1n) is 3.68. The summed E-state index contributed by atoms with van der Waals surface area (Å²) in [6.07, 6.45) is 0. The van der Waals surface area contributed by atoms with Crippen LogP contribution in [0.3, 0.4) is 0 Å². The number of carbonyl (C=O) groups is 1. The number of carbonyl (C=O) groups excluding carboxylic acids is 1. The zero-order valence-electron chi connectivity index (χ0n) is 7.28. The van der Waals surface area contributed by atoms with Gasteiger partial charge < -0.3 is 5.73 Å². The molecule has 14 heavy (non-hydrogen) atoms. The van der Waals surface area contributed by atoms with E-state index in [1.807, 2.05) is 0 Å². The number of hydrogen-bond acceptors (Lipinski definition) is 4. The molecule has 1 aromatic rings. The molecule has 0 bridgehead atoms. The number of hydrogen-bond donors (Lipinski definition) is 1. The van der Waals surface area contributed by atoms with Crippen molar-refractivity contribution in [3.05, 3.63) is 32.3 Å². The summed E-state index contributed by atoms with van der Waals surface area (Å²) in [6, 6.07) is 2.43. The smallest absolute Gasteiger partial charge is 0.271 e. The van der Waals surface area contributed by atoms with Crippen molar-refractivity contribution < 1.29 is 9.72 Å². The van der Waals surface area contributed by atoms with Gasteiger partial charge in [0.2, 0.25) is 0 Å². The second-order valence-corrected chi connectivity index (χ2v) is 3.56. The normalized spacial score (nSPS) is 9.86. The Kier molecular flexibility index (Phi) is 2.85. The van der Waals surface area contributed by atoms with Crippen molar-refractivity contribution in [2.45, 2.75) is 6.92 Å². The van der Waals surface area contributed by atoms with Crippen molar-refractivity contribution in [2.24, 2.45) is 0 Å². The predicted octanol–water partition coefficient (Wildman–Crippen LogP) is 2.14. The van der Waals surface area contributed by atoms with Crippen LogP contribution in [-0.2, 0) is 0 Å². The molecule has 1 rings (SSSR count). The fraction of sp³-hybridized carbons (Fsp3) is 0.125. The average Bonchev–Trinajstić information content (AvgIpc) is 2.08. The van der Waals surface area contributed by atoms with E-state index >= 15 is 0 Å². The molecule has 0 aliphatic heterocycles. The molecule has 5 nitrogen and oxygen atoms in total. The maximum absolute atomic E-state index is 11.1. The Morgan fingerprint density at radius 1 is 1.57 bits per heavy atom. The second kappa shape index (κ2) is 3.75. The van der Waals surface area contributed by atoms with Gasteiger partial charge >= 0.3 is 0 Å². The summed E-state index contributed by atoms with van der Waals surface area (Å²) in [5, 5.41) is 10.5. The van der Waals surface area contributed by atoms with E-state index in [2.05, 4.69) is 15.9 Å². The molecule has 6 heteroatoms. The Hall–Kier alpha value is -1.43. The molecular formula is C8H7BrN2O3. The molecule has 74 valence electrons. The largest absolute Gasteiger partial charge is 0.397 e. The molecule has 0 spiro atoms. The van der Waals surface area contributed by atoms with Crippen molar-refractivity contribution in [2.75, 3.05) is 5.73 Å². The van der Waals surface area contributed by atoms with E-state index in [0.717, 1.165) is 0 Å². The Labute approximate surface area is 88.2 Å². The molecule has 0 saturated heterocycles. The highest BCUT2D eigenvalue weighted by Crippen LogP contribution is 2.29. The van der Waals surface area contributed by atoms with Crippen LogP contribution in [0, 0.1) is 10.1 Å². The van der Waals surface area contributed by atoms with Gasteiger partial charge in [0.25, 0.3) is 5.69 Å². The van der Waals surface area contributed by atoms with Crippen molar-refractivity contribution in [1.82, 2.24) is 0 Å². The molecule has 0 heterocycles. The zero-order valence-corrected chi connectivity index (χ0v) is 8.87. The van der Waals surface area contributed by atoms with Crippen LogP contribution >= 0.6 is 15.9 Å². The Morgan fingerprint density at radius 2 is 2.14 bits per heavy atom. The Morgan fingerprint density at radius 3 is 2.57 bits per heavy atom. The van der Waals surface area contributed by atoms with Gasteiger partial charge in [-0.3, -0.25) is 14.9 Å². The molecule has 0 amide bonds. The van der Waals surface area contributed by atoms with Crippen LogP contribution in [0.4, 0.5) is 11.4 Å². The molecule has 0 saturated carbocycles. The number of nitrogens with zero attached hydrogens (tertiary/aromatic N) is 1. The number of non-ortho nitro benzene ring substituents is 1. The highest BCUT2D eigenvalue weighted by atomic mass is 79.9. The summed E-state index contributed by atoms with van der Waals surface area (Å²) < 4.78 is 0.358. The number of nitrogens with two attached hydrogens (primary N) is 1. The van der Waals surface area contributed by atoms with Crippen molar-refractivity contribution in [1.29, 1.82) is 0 Å². The molecule has 0 aliphatic rings. The van der Waals surface area contributed by atoms with Gasteiger partial charge in [0, 0.05) is 22.2 Å². The number of rotatable bonds is 2. The number of ketones is 1. The minimum atomic E-state index is -0.573. The predicted molar refractivity (Wildman–Crippen MR) is 55.2 cm³/mol. The maximum Gasteiger partial charge on any atom is 0.271 e. The average molecular weight is 259 g/mol. The third-order valence-corrected chi connectivity index (χ3v) is 2.36. The molecule has 0 radical (unpaired) electrons. The molecule has 0 fully saturated rings. The van der Waals surface area contributed by atoms with Gasteiger partial charge in [0.05, 0.1) is 10.6 Å². The first kappa shape index (κ1) is 10.6. The number of Topliss-reactive ketones (excluding diaryl/α,β-unsaturated/α-hetero) is 1. The van der Waals surface area contributed by atoms with E-state index in [0.29, 0.717) is 4.47 Å². The van der Waals surface area contributed by atoms with Crippen LogP contribution in [0.5, 0.6) is 0 Å². The third kappa shape index (κ3) is 1.90. The van der Waals surface area contributed by atoms with E-state index in [1.165, 1.54) is 19.1 Å². The van der Waals surface area contributed by atoms with Gasteiger partial charge in [0.1, 0.15) is 0 Å². The zero-order chi connectivity index (χ0) is 10.9. The quantitative estimate of drug-likeness (QED) is 0.381. The fourth-order valence-electron chi connectivity index (χ4n) is 1.00. The van der Waals surface area contributed by atoms with E-state index in [-0.39, 0.29) is 22.7 Å². The molecule has 0 unspecified atom stereocenters. The molecule has 0 aliphatic carbocycles. The minimum Gasteiger partial charge on any atom is -0.397 e. The number of nitro benzene ring substituents is 1. The monoisotopic (exact) mass is 258 g/mol. The first-order chi connectivity index (χ1) is 6.43. The third-order valence-electron chi connectivity index (χ3n) is 1.70. The van der Waals surface area contributed by atoms with Gasteiger partial charge in [-0.25, -0.2) is 0 Å². The van der Waals surface area contributed by atoms with Crippen molar-refractivity contribution >= 4 is 33.1 Å². The molecule has 0 atom stereocenters. The van der Waals surface area contributed by atoms with E-state index in [1.54, 1.807) is 0 Å². The van der Waals surface area contributed by atoms with E-state index < -0.39 is 4.92 Å². The van der Waals surface area contributed by atoms with Crippen LogP contribution in [0.1, 0.15) is 17.3 Å². The SMILES string of the molecule is CC(=O)c1cc([N+](=O)[O-])cc(Br)c1N. The Bertz CT molecular complexity index is 417. The lowest BCUT2D eigenvalue weighted by Crippen LogP contribution is -2.02. The lowest BCUT2D eigenvalue weighted by atomic mass is 10.1. The van der Waals surface area contributed by atoms with Gasteiger partial charge in [-0.15, -0.1) is 0 Å². The molecule has 1 aromatic carbocycles. The van der Waals surface area contributed by atoms with Gasteiger partial charge in [-0.1, -0.05) is 0 Å². The summed E-state index contributed by atoms with van der Waals surface area (Å²) in [5.41, 5.74) is 5.79. The van der Waals surface area contributed by atoms with Crippen LogP contribution in [0.15, 0.2) is 16.6 Å². The number of nitro groups is 1. The van der Waals surface area contributed by atoms with Crippen molar-refractivity contribution in [3.8, 4) is 0 Å². The van der Waals surface area contributed by atoms with E-state index in [4.69, 9.17) is 5.73 Å².